The Morgan fingerprint density at radius 2 is 1.82 bits per heavy atom. The van der Waals surface area contributed by atoms with Crippen molar-refractivity contribution >= 4 is 15.8 Å². The molecule has 1 heterocycles. The first kappa shape index (κ1) is 23.1. The lowest BCUT2D eigenvalue weighted by molar-refractivity contribution is -0.139. The molecule has 7 atom stereocenters. The van der Waals surface area contributed by atoms with Gasteiger partial charge in [0.15, 0.2) is 9.84 Å². The average Bonchev–Trinajstić information content (AvgIpc) is 3.34. The zero-order valence-electron chi connectivity index (χ0n) is 18.8. The molecule has 2 saturated carbocycles. The smallest absolute Gasteiger partial charge is 0.389 e. The van der Waals surface area contributed by atoms with E-state index in [4.69, 9.17) is 10.5 Å². The van der Waals surface area contributed by atoms with E-state index in [0.29, 0.717) is 31.2 Å². The molecular weight excluding hydrogens is 455 g/mol. The summed E-state index contributed by atoms with van der Waals surface area (Å²) in [7, 11) is -2.49. The molecule has 3 fully saturated rings. The van der Waals surface area contributed by atoms with Gasteiger partial charge >= 0.3 is 12.1 Å². The first-order valence-corrected chi connectivity index (χ1v) is 13.2. The second kappa shape index (κ2) is 7.20. The van der Waals surface area contributed by atoms with Gasteiger partial charge in [-0.2, -0.15) is 13.2 Å². The van der Waals surface area contributed by atoms with Crippen LogP contribution in [0.4, 0.5) is 13.2 Å². The summed E-state index contributed by atoms with van der Waals surface area (Å²) in [6.45, 7) is 1.60. The number of ether oxygens (including phenoxy) is 1. The second-order valence-corrected chi connectivity index (χ2v) is 13.3. The van der Waals surface area contributed by atoms with Gasteiger partial charge in [0.25, 0.3) is 0 Å². The Morgan fingerprint density at radius 1 is 1.18 bits per heavy atom. The highest BCUT2D eigenvalue weighted by molar-refractivity contribution is 7.93. The van der Waals surface area contributed by atoms with Crippen LogP contribution in [0.1, 0.15) is 60.5 Å². The summed E-state index contributed by atoms with van der Waals surface area (Å²) in [5, 5.41) is -0.810. The molecule has 1 saturated heterocycles. The molecule has 3 aliphatic carbocycles. The van der Waals surface area contributed by atoms with Gasteiger partial charge in [-0.3, -0.25) is 0 Å². The van der Waals surface area contributed by atoms with Crippen molar-refractivity contribution in [3.63, 3.8) is 0 Å². The number of esters is 1. The number of sulfone groups is 1. The van der Waals surface area contributed by atoms with Crippen molar-refractivity contribution in [2.45, 2.75) is 68.2 Å². The predicted octanol–water partition coefficient (Wildman–Crippen LogP) is 4.03. The van der Waals surface area contributed by atoms with Crippen molar-refractivity contribution in [1.29, 1.82) is 0 Å². The first-order valence-electron chi connectivity index (χ1n) is 11.6. The van der Waals surface area contributed by atoms with Gasteiger partial charge in [-0.05, 0) is 92.4 Å². The van der Waals surface area contributed by atoms with E-state index in [0.717, 1.165) is 24.0 Å². The number of carbonyl (C=O) groups excluding carboxylic acids is 1. The number of halogens is 3. The Hall–Kier alpha value is -1.61. The van der Waals surface area contributed by atoms with E-state index in [1.807, 2.05) is 12.1 Å². The SMILES string of the molecule is COC(=O)c1ccc2c(c1)C[C@H]1CC[C@@H](C2)[C@]12CC(C1CC1CC(F)(F)F)S(=O)(=O)C2(C)N. The Kier molecular flexibility index (Phi) is 5.05. The number of alkyl halides is 3. The quantitative estimate of drug-likeness (QED) is 0.654. The van der Waals surface area contributed by atoms with Gasteiger partial charge in [0.1, 0.15) is 4.87 Å². The molecule has 5 nitrogen and oxygen atoms in total. The summed E-state index contributed by atoms with van der Waals surface area (Å²) < 4.78 is 71.1. The van der Waals surface area contributed by atoms with Crippen LogP contribution < -0.4 is 5.73 Å². The average molecular weight is 486 g/mol. The number of fused-ring (bicyclic) bond motifs is 1. The third-order valence-corrected chi connectivity index (χ3v) is 12.2. The van der Waals surface area contributed by atoms with Crippen LogP contribution in [0.25, 0.3) is 0 Å². The molecule has 5 rings (SSSR count). The third kappa shape index (κ3) is 3.28. The van der Waals surface area contributed by atoms with Crippen LogP contribution in [0.5, 0.6) is 0 Å². The molecule has 4 unspecified atom stereocenters. The number of hydrogen-bond acceptors (Lipinski definition) is 5. The third-order valence-electron chi connectivity index (χ3n) is 9.28. The summed E-state index contributed by atoms with van der Waals surface area (Å²) in [4.78, 5) is 10.5. The van der Waals surface area contributed by atoms with Crippen LogP contribution in [0.15, 0.2) is 18.2 Å². The zero-order valence-corrected chi connectivity index (χ0v) is 19.6. The van der Waals surface area contributed by atoms with Gasteiger partial charge < -0.3 is 10.5 Å². The molecule has 1 aliphatic heterocycles. The van der Waals surface area contributed by atoms with E-state index in [-0.39, 0.29) is 11.8 Å². The standard InChI is InChI=1S/C24H30F3NO4S/c1-22(28)23(12-20(33(22,30)31)19-10-16(19)11-24(25,26)27)17-5-6-18(23)9-15-7-14(21(29)32-2)4-3-13(15)8-17/h3-4,7,16-20H,5-6,8-12,28H2,1-2H3/t16?,17-,18+,19?,20?,22?,23+/m0/s1. The Balaban J connectivity index is 1.50. The topological polar surface area (TPSA) is 86.5 Å². The van der Waals surface area contributed by atoms with Gasteiger partial charge in [-0.1, -0.05) is 6.07 Å². The molecule has 0 amide bonds. The van der Waals surface area contributed by atoms with Crippen molar-refractivity contribution in [2.75, 3.05) is 7.11 Å². The highest BCUT2D eigenvalue weighted by atomic mass is 32.2. The minimum absolute atomic E-state index is 0.00578. The predicted molar refractivity (Wildman–Crippen MR) is 116 cm³/mol. The van der Waals surface area contributed by atoms with Crippen LogP contribution in [-0.2, 0) is 27.4 Å². The number of rotatable bonds is 3. The summed E-state index contributed by atoms with van der Waals surface area (Å²) in [6.07, 6.45) is -1.60. The Labute approximate surface area is 192 Å². The van der Waals surface area contributed by atoms with Crippen molar-refractivity contribution in [1.82, 2.24) is 0 Å². The summed E-state index contributed by atoms with van der Waals surface area (Å²) in [5.41, 5.74) is 8.63. The summed E-state index contributed by atoms with van der Waals surface area (Å²) >= 11 is 0. The highest BCUT2D eigenvalue weighted by Crippen LogP contribution is 2.68. The van der Waals surface area contributed by atoms with Gasteiger partial charge in [0, 0.05) is 11.8 Å². The Bertz CT molecular complexity index is 1100. The minimum atomic E-state index is -4.29. The maximum atomic E-state index is 13.7. The molecule has 182 valence electrons. The van der Waals surface area contributed by atoms with Crippen molar-refractivity contribution in [3.8, 4) is 0 Å². The van der Waals surface area contributed by atoms with Crippen LogP contribution >= 0.6 is 0 Å². The number of nitrogens with two attached hydrogens (primary N) is 1. The maximum absolute atomic E-state index is 13.7. The van der Waals surface area contributed by atoms with E-state index in [1.54, 1.807) is 13.0 Å². The molecule has 2 bridgehead atoms. The van der Waals surface area contributed by atoms with Crippen molar-refractivity contribution in [3.05, 3.63) is 34.9 Å². The lowest BCUT2D eigenvalue weighted by atomic mass is 9.63. The van der Waals surface area contributed by atoms with Gasteiger partial charge in [0.05, 0.1) is 17.9 Å². The minimum Gasteiger partial charge on any atom is -0.465 e. The lowest BCUT2D eigenvalue weighted by Crippen LogP contribution is -2.58. The zero-order chi connectivity index (χ0) is 24.0. The van der Waals surface area contributed by atoms with Crippen LogP contribution in [0.3, 0.4) is 0 Å². The van der Waals surface area contributed by atoms with Gasteiger partial charge in [-0.25, -0.2) is 13.2 Å². The fourth-order valence-corrected chi connectivity index (χ4v) is 10.5. The van der Waals surface area contributed by atoms with Gasteiger partial charge in [-0.15, -0.1) is 0 Å². The van der Waals surface area contributed by atoms with Crippen LogP contribution in [0, 0.1) is 29.1 Å². The molecule has 0 radical (unpaired) electrons. The van der Waals surface area contributed by atoms with Crippen molar-refractivity contribution < 1.29 is 31.1 Å². The Morgan fingerprint density at radius 3 is 2.42 bits per heavy atom. The lowest BCUT2D eigenvalue weighted by Gasteiger charge is -2.44. The van der Waals surface area contributed by atoms with Crippen LogP contribution in [0.2, 0.25) is 0 Å². The number of benzene rings is 1. The summed E-state index contributed by atoms with van der Waals surface area (Å²) in [6, 6.07) is 5.49. The number of carbonyl (C=O) groups is 1. The fraction of sp³-hybridized carbons (Fsp3) is 0.708. The molecule has 2 N–H and O–H groups in total. The molecule has 9 heteroatoms. The first-order chi connectivity index (χ1) is 15.3. The molecule has 1 spiro atoms. The van der Waals surface area contributed by atoms with Crippen molar-refractivity contribution in [2.24, 2.45) is 34.8 Å². The van der Waals surface area contributed by atoms with E-state index in [9.17, 15) is 26.4 Å². The molecule has 0 aromatic heterocycles. The molecule has 1 aromatic carbocycles. The highest BCUT2D eigenvalue weighted by Gasteiger charge is 2.73. The monoisotopic (exact) mass is 485 g/mol. The normalized spacial score (nSPS) is 41.0. The van der Waals surface area contributed by atoms with E-state index >= 15 is 0 Å². The maximum Gasteiger partial charge on any atom is 0.389 e. The molecular formula is C24H30F3NO4S. The van der Waals surface area contributed by atoms with Crippen LogP contribution in [-0.4, -0.2) is 37.8 Å². The second-order valence-electron chi connectivity index (χ2n) is 10.8. The number of methoxy groups -OCH3 is 1. The fourth-order valence-electron chi connectivity index (χ4n) is 7.62. The largest absolute Gasteiger partial charge is 0.465 e. The van der Waals surface area contributed by atoms with Gasteiger partial charge in [0.2, 0.25) is 0 Å². The molecule has 33 heavy (non-hydrogen) atoms. The number of hydrogen-bond donors (Lipinski definition) is 1. The summed E-state index contributed by atoms with van der Waals surface area (Å²) in [5.74, 6) is -1.46. The van der Waals surface area contributed by atoms with E-state index in [2.05, 4.69) is 0 Å². The van der Waals surface area contributed by atoms with E-state index in [1.165, 1.54) is 7.11 Å². The van der Waals surface area contributed by atoms with E-state index < -0.39 is 55.8 Å². The molecule has 4 aliphatic rings. The molecule has 1 aromatic rings.